The quantitative estimate of drug-likeness (QED) is 0.633. The molecule has 0 saturated heterocycles. The van der Waals surface area contributed by atoms with Crippen LogP contribution in [-0.4, -0.2) is 12.5 Å². The fourth-order valence-electron chi connectivity index (χ4n) is 1.59. The summed E-state index contributed by atoms with van der Waals surface area (Å²) in [6, 6.07) is 0.932. The van der Waals surface area contributed by atoms with Crippen molar-refractivity contribution in [2.24, 2.45) is 0 Å². The summed E-state index contributed by atoms with van der Waals surface area (Å²) in [6.07, 6.45) is -2.21. The van der Waals surface area contributed by atoms with E-state index in [-0.39, 0.29) is 6.54 Å². The molecule has 0 aromatic heterocycles. The highest BCUT2D eigenvalue weighted by Gasteiger charge is 2.33. The van der Waals surface area contributed by atoms with Crippen LogP contribution in [0.3, 0.4) is 0 Å². The van der Waals surface area contributed by atoms with Crippen LogP contribution in [0.5, 0.6) is 0 Å². The maximum atomic E-state index is 13.6. The van der Waals surface area contributed by atoms with Gasteiger partial charge >= 0.3 is 6.18 Å². The Hall–Kier alpha value is -1.30. The first-order valence-corrected chi connectivity index (χ1v) is 6.49. The van der Waals surface area contributed by atoms with E-state index in [0.29, 0.717) is 18.6 Å². The van der Waals surface area contributed by atoms with Gasteiger partial charge in [-0.15, -0.1) is 0 Å². The largest absolute Gasteiger partial charge is 0.416 e. The van der Waals surface area contributed by atoms with Crippen LogP contribution in [0.1, 0.15) is 42.1 Å². The van der Waals surface area contributed by atoms with E-state index in [4.69, 9.17) is 11.6 Å². The van der Waals surface area contributed by atoms with Crippen LogP contribution >= 0.6 is 11.6 Å². The molecule has 0 saturated carbocycles. The molecule has 2 nitrogen and oxygen atoms in total. The second-order valence-electron chi connectivity index (χ2n) is 4.28. The molecule has 1 N–H and O–H groups in total. The Morgan fingerprint density at radius 1 is 1.30 bits per heavy atom. The van der Waals surface area contributed by atoms with Crippen molar-refractivity contribution in [3.05, 3.63) is 34.1 Å². The Kier molecular flexibility index (Phi) is 5.80. The normalized spacial score (nSPS) is 11.5. The van der Waals surface area contributed by atoms with Crippen molar-refractivity contribution in [2.75, 3.05) is 6.54 Å². The third kappa shape index (κ3) is 4.37. The first-order chi connectivity index (χ1) is 9.27. The number of carbonyl (C=O) groups excluding carboxylic acids is 1. The summed E-state index contributed by atoms with van der Waals surface area (Å²) in [5.74, 6) is -2.04. The Labute approximate surface area is 119 Å². The van der Waals surface area contributed by atoms with Gasteiger partial charge in [0.15, 0.2) is 5.82 Å². The van der Waals surface area contributed by atoms with Gasteiger partial charge in [0.25, 0.3) is 5.91 Å². The van der Waals surface area contributed by atoms with E-state index >= 15 is 0 Å². The van der Waals surface area contributed by atoms with Crippen LogP contribution in [0.15, 0.2) is 12.1 Å². The predicted octanol–water partition coefficient (Wildman–Crippen LogP) is 4.42. The Balaban J connectivity index is 2.93. The molecular weight excluding hydrogens is 298 g/mol. The smallest absolute Gasteiger partial charge is 0.352 e. The number of benzene rings is 1. The third-order valence-electron chi connectivity index (χ3n) is 2.67. The maximum absolute atomic E-state index is 13.6. The summed E-state index contributed by atoms with van der Waals surface area (Å²) < 4.78 is 51.4. The zero-order valence-corrected chi connectivity index (χ0v) is 11.5. The van der Waals surface area contributed by atoms with Gasteiger partial charge in [-0.3, -0.25) is 4.79 Å². The molecule has 0 aliphatic carbocycles. The van der Waals surface area contributed by atoms with Crippen LogP contribution in [-0.2, 0) is 6.18 Å². The molecule has 0 atom stereocenters. The zero-order chi connectivity index (χ0) is 15.3. The fraction of sp³-hybridized carbons (Fsp3) is 0.462. The first kappa shape index (κ1) is 16.8. The van der Waals surface area contributed by atoms with Crippen LogP contribution < -0.4 is 5.32 Å². The second-order valence-corrected chi connectivity index (χ2v) is 4.69. The van der Waals surface area contributed by atoms with E-state index < -0.39 is 34.1 Å². The molecule has 0 heterocycles. The number of unbranched alkanes of at least 4 members (excludes halogenated alkanes) is 2. The fourth-order valence-corrected chi connectivity index (χ4v) is 1.81. The van der Waals surface area contributed by atoms with Gasteiger partial charge in [-0.25, -0.2) is 4.39 Å². The van der Waals surface area contributed by atoms with E-state index in [9.17, 15) is 22.4 Å². The summed E-state index contributed by atoms with van der Waals surface area (Å²) in [5.41, 5.74) is -1.84. The van der Waals surface area contributed by atoms with Gasteiger partial charge < -0.3 is 5.32 Å². The molecule has 1 aromatic rings. The highest BCUT2D eigenvalue weighted by Crippen LogP contribution is 2.33. The average molecular weight is 312 g/mol. The minimum atomic E-state index is -4.69. The van der Waals surface area contributed by atoms with Gasteiger partial charge in [0, 0.05) is 6.54 Å². The summed E-state index contributed by atoms with van der Waals surface area (Å²) in [4.78, 5) is 11.7. The van der Waals surface area contributed by atoms with E-state index in [1.807, 2.05) is 6.92 Å². The minimum Gasteiger partial charge on any atom is -0.352 e. The standard InChI is InChI=1S/C13H14ClF4NO/c1-2-3-4-5-19-12(20)9-6-8(13(16,17)18)7-10(14)11(9)15/h6-7H,2-5H2,1H3,(H,19,20). The molecule has 0 fully saturated rings. The van der Waals surface area contributed by atoms with E-state index in [0.717, 1.165) is 12.8 Å². The molecule has 7 heteroatoms. The van der Waals surface area contributed by atoms with Crippen molar-refractivity contribution in [1.82, 2.24) is 5.32 Å². The van der Waals surface area contributed by atoms with Gasteiger partial charge in [0.2, 0.25) is 0 Å². The van der Waals surface area contributed by atoms with Gasteiger partial charge in [-0.05, 0) is 18.6 Å². The lowest BCUT2D eigenvalue weighted by Gasteiger charge is -2.11. The van der Waals surface area contributed by atoms with Crippen LogP contribution in [0.2, 0.25) is 5.02 Å². The van der Waals surface area contributed by atoms with Crippen molar-refractivity contribution >= 4 is 17.5 Å². The molecule has 0 aliphatic rings. The van der Waals surface area contributed by atoms with E-state index in [2.05, 4.69) is 5.32 Å². The molecule has 0 bridgehead atoms. The third-order valence-corrected chi connectivity index (χ3v) is 2.94. The van der Waals surface area contributed by atoms with E-state index in [1.165, 1.54) is 0 Å². The number of rotatable bonds is 5. The lowest BCUT2D eigenvalue weighted by atomic mass is 10.1. The number of halogens is 5. The Morgan fingerprint density at radius 3 is 2.50 bits per heavy atom. The number of alkyl halides is 3. The molecule has 0 aliphatic heterocycles. The van der Waals surface area contributed by atoms with Gasteiger partial charge in [0.05, 0.1) is 16.1 Å². The Bertz CT molecular complexity index is 488. The topological polar surface area (TPSA) is 29.1 Å². The van der Waals surface area contributed by atoms with Gasteiger partial charge in [0.1, 0.15) is 0 Å². The van der Waals surface area contributed by atoms with E-state index in [1.54, 1.807) is 0 Å². The lowest BCUT2D eigenvalue weighted by Crippen LogP contribution is -2.26. The molecule has 20 heavy (non-hydrogen) atoms. The van der Waals surface area contributed by atoms with Crippen molar-refractivity contribution in [1.29, 1.82) is 0 Å². The summed E-state index contributed by atoms with van der Waals surface area (Å²) >= 11 is 5.40. The van der Waals surface area contributed by atoms with Crippen LogP contribution in [0, 0.1) is 5.82 Å². The van der Waals surface area contributed by atoms with Crippen molar-refractivity contribution in [3.8, 4) is 0 Å². The molecular formula is C13H14ClF4NO. The Morgan fingerprint density at radius 2 is 1.95 bits per heavy atom. The summed E-state index contributed by atoms with van der Waals surface area (Å²) in [5, 5.41) is 1.65. The highest BCUT2D eigenvalue weighted by atomic mass is 35.5. The predicted molar refractivity (Wildman–Crippen MR) is 68.3 cm³/mol. The number of amides is 1. The molecule has 0 radical (unpaired) electrons. The highest BCUT2D eigenvalue weighted by molar-refractivity contribution is 6.31. The minimum absolute atomic E-state index is 0.278. The monoisotopic (exact) mass is 311 g/mol. The van der Waals surface area contributed by atoms with Gasteiger partial charge in [-0.2, -0.15) is 13.2 Å². The van der Waals surface area contributed by atoms with Crippen LogP contribution in [0.25, 0.3) is 0 Å². The van der Waals surface area contributed by atoms with Crippen molar-refractivity contribution in [3.63, 3.8) is 0 Å². The molecule has 0 spiro atoms. The molecule has 1 rings (SSSR count). The summed E-state index contributed by atoms with van der Waals surface area (Å²) in [7, 11) is 0. The van der Waals surface area contributed by atoms with Crippen molar-refractivity contribution < 1.29 is 22.4 Å². The zero-order valence-electron chi connectivity index (χ0n) is 10.8. The molecule has 0 unspecified atom stereocenters. The van der Waals surface area contributed by atoms with Crippen molar-refractivity contribution in [2.45, 2.75) is 32.4 Å². The number of hydrogen-bond donors (Lipinski definition) is 1. The average Bonchev–Trinajstić information content (AvgIpc) is 2.36. The maximum Gasteiger partial charge on any atom is 0.416 e. The SMILES string of the molecule is CCCCCNC(=O)c1cc(C(F)(F)F)cc(Cl)c1F. The molecule has 112 valence electrons. The first-order valence-electron chi connectivity index (χ1n) is 6.11. The molecule has 1 aromatic carbocycles. The second kappa shape index (κ2) is 6.92. The number of hydrogen-bond acceptors (Lipinski definition) is 1. The summed E-state index contributed by atoms with van der Waals surface area (Å²) in [6.45, 7) is 2.24. The van der Waals surface area contributed by atoms with Gasteiger partial charge in [-0.1, -0.05) is 31.4 Å². The molecule has 1 amide bonds. The lowest BCUT2D eigenvalue weighted by molar-refractivity contribution is -0.137. The number of carbonyl (C=O) groups is 1. The van der Waals surface area contributed by atoms with Crippen LogP contribution in [0.4, 0.5) is 17.6 Å². The number of nitrogens with one attached hydrogen (secondary N) is 1.